The molecular formula is C26H25ClN2O3. The molecule has 1 aliphatic rings. The van der Waals surface area contributed by atoms with E-state index in [2.05, 4.69) is 5.32 Å². The number of nitrogens with one attached hydrogen (secondary N) is 1. The second kappa shape index (κ2) is 9.05. The van der Waals surface area contributed by atoms with Gasteiger partial charge in [0, 0.05) is 28.5 Å². The fourth-order valence-electron chi connectivity index (χ4n) is 3.73. The number of rotatable bonds is 5. The quantitative estimate of drug-likeness (QED) is 0.542. The molecule has 0 aliphatic carbocycles. The SMILES string of the molecule is CC(C)(Oc1ccc(Cl)cc1)C(=O)Nc1ccc2c(c1)N(C(=O)c1ccccc1)CCC2. The van der Waals surface area contributed by atoms with E-state index in [0.717, 1.165) is 24.1 Å². The number of halogens is 1. The molecule has 3 aromatic carbocycles. The summed E-state index contributed by atoms with van der Waals surface area (Å²) in [5, 5.41) is 3.54. The van der Waals surface area contributed by atoms with Crippen LogP contribution in [0.2, 0.25) is 5.02 Å². The lowest BCUT2D eigenvalue weighted by Crippen LogP contribution is -2.42. The van der Waals surface area contributed by atoms with Crippen molar-refractivity contribution < 1.29 is 14.3 Å². The highest BCUT2D eigenvalue weighted by molar-refractivity contribution is 6.30. The number of fused-ring (bicyclic) bond motifs is 1. The van der Waals surface area contributed by atoms with Crippen LogP contribution < -0.4 is 15.0 Å². The predicted molar refractivity (Wildman–Crippen MR) is 128 cm³/mol. The number of nitrogens with zero attached hydrogens (tertiary/aromatic N) is 1. The Hall–Kier alpha value is -3.31. The fourth-order valence-corrected chi connectivity index (χ4v) is 3.85. The van der Waals surface area contributed by atoms with E-state index in [4.69, 9.17) is 16.3 Å². The molecule has 2 amide bonds. The Labute approximate surface area is 193 Å². The fraction of sp³-hybridized carbons (Fsp3) is 0.231. The molecule has 0 saturated heterocycles. The molecule has 0 radical (unpaired) electrons. The van der Waals surface area contributed by atoms with E-state index in [1.54, 1.807) is 43.0 Å². The molecule has 6 heteroatoms. The van der Waals surface area contributed by atoms with Gasteiger partial charge in [0.25, 0.3) is 11.8 Å². The minimum absolute atomic E-state index is 0.0403. The van der Waals surface area contributed by atoms with E-state index in [0.29, 0.717) is 28.6 Å². The van der Waals surface area contributed by atoms with Crippen molar-refractivity contribution in [1.82, 2.24) is 0 Å². The van der Waals surface area contributed by atoms with E-state index < -0.39 is 5.60 Å². The lowest BCUT2D eigenvalue weighted by molar-refractivity contribution is -0.128. The maximum Gasteiger partial charge on any atom is 0.267 e. The molecule has 3 aromatic rings. The first-order valence-electron chi connectivity index (χ1n) is 10.6. The molecule has 1 aliphatic heterocycles. The number of anilines is 2. The molecule has 164 valence electrons. The molecule has 4 rings (SSSR count). The van der Waals surface area contributed by atoms with Crippen molar-refractivity contribution >= 4 is 34.8 Å². The van der Waals surface area contributed by atoms with Gasteiger partial charge in [-0.3, -0.25) is 9.59 Å². The van der Waals surface area contributed by atoms with Gasteiger partial charge in [-0.25, -0.2) is 0 Å². The van der Waals surface area contributed by atoms with Crippen molar-refractivity contribution in [2.24, 2.45) is 0 Å². The first-order chi connectivity index (χ1) is 15.3. The number of hydrogen-bond acceptors (Lipinski definition) is 3. The lowest BCUT2D eigenvalue weighted by atomic mass is 9.99. The third-order valence-electron chi connectivity index (χ3n) is 5.46. The summed E-state index contributed by atoms with van der Waals surface area (Å²) in [5.41, 5.74) is 2.08. The van der Waals surface area contributed by atoms with Gasteiger partial charge in [-0.2, -0.15) is 0 Å². The van der Waals surface area contributed by atoms with Gasteiger partial charge in [0.2, 0.25) is 0 Å². The van der Waals surface area contributed by atoms with Crippen molar-refractivity contribution in [3.63, 3.8) is 0 Å². The molecule has 1 N–H and O–H groups in total. The van der Waals surface area contributed by atoms with Gasteiger partial charge in [-0.05, 0) is 80.8 Å². The summed E-state index contributed by atoms with van der Waals surface area (Å²) in [7, 11) is 0. The van der Waals surface area contributed by atoms with E-state index in [-0.39, 0.29) is 11.8 Å². The van der Waals surface area contributed by atoms with Crippen molar-refractivity contribution in [3.05, 3.63) is 88.9 Å². The average Bonchev–Trinajstić information content (AvgIpc) is 2.80. The molecule has 32 heavy (non-hydrogen) atoms. The van der Waals surface area contributed by atoms with Crippen LogP contribution >= 0.6 is 11.6 Å². The van der Waals surface area contributed by atoms with Crippen molar-refractivity contribution in [2.75, 3.05) is 16.8 Å². The van der Waals surface area contributed by atoms with Crippen molar-refractivity contribution in [1.29, 1.82) is 0 Å². The molecule has 0 atom stereocenters. The third kappa shape index (κ3) is 4.78. The maximum atomic E-state index is 13.1. The Morgan fingerprint density at radius 3 is 2.44 bits per heavy atom. The highest BCUT2D eigenvalue weighted by atomic mass is 35.5. The second-order valence-corrected chi connectivity index (χ2v) is 8.73. The largest absolute Gasteiger partial charge is 0.478 e. The van der Waals surface area contributed by atoms with Gasteiger partial charge in [0.1, 0.15) is 5.75 Å². The number of amides is 2. The van der Waals surface area contributed by atoms with Gasteiger partial charge in [-0.1, -0.05) is 35.9 Å². The summed E-state index contributed by atoms with van der Waals surface area (Å²) in [4.78, 5) is 27.9. The molecule has 0 bridgehead atoms. The van der Waals surface area contributed by atoms with Crippen LogP contribution in [-0.2, 0) is 11.2 Å². The van der Waals surface area contributed by atoms with Crippen LogP contribution in [0.3, 0.4) is 0 Å². The van der Waals surface area contributed by atoms with Crippen LogP contribution in [0, 0.1) is 0 Å². The molecule has 0 fully saturated rings. The zero-order valence-corrected chi connectivity index (χ0v) is 18.9. The van der Waals surface area contributed by atoms with Crippen molar-refractivity contribution in [2.45, 2.75) is 32.3 Å². The Morgan fingerprint density at radius 1 is 1.00 bits per heavy atom. The van der Waals surface area contributed by atoms with Gasteiger partial charge >= 0.3 is 0 Å². The molecule has 0 unspecified atom stereocenters. The Bertz CT molecular complexity index is 1130. The molecule has 0 aromatic heterocycles. The number of hydrogen-bond donors (Lipinski definition) is 1. The number of benzene rings is 3. The van der Waals surface area contributed by atoms with Gasteiger partial charge in [-0.15, -0.1) is 0 Å². The summed E-state index contributed by atoms with van der Waals surface area (Å²) in [6.07, 6.45) is 1.80. The minimum Gasteiger partial charge on any atom is -0.478 e. The third-order valence-corrected chi connectivity index (χ3v) is 5.71. The summed E-state index contributed by atoms with van der Waals surface area (Å²) < 4.78 is 5.89. The van der Waals surface area contributed by atoms with Gasteiger partial charge < -0.3 is 15.0 Å². The lowest BCUT2D eigenvalue weighted by Gasteiger charge is -2.30. The Balaban J connectivity index is 1.53. The Kier molecular flexibility index (Phi) is 6.19. The predicted octanol–water partition coefficient (Wildman–Crippen LogP) is 5.73. The number of ether oxygens (including phenoxy) is 1. The maximum absolute atomic E-state index is 13.1. The van der Waals surface area contributed by atoms with Crippen LogP contribution in [0.15, 0.2) is 72.8 Å². The zero-order chi connectivity index (χ0) is 22.7. The van der Waals surface area contributed by atoms with Crippen LogP contribution in [0.1, 0.15) is 36.2 Å². The Morgan fingerprint density at radius 2 is 1.72 bits per heavy atom. The topological polar surface area (TPSA) is 58.6 Å². The van der Waals surface area contributed by atoms with E-state index in [9.17, 15) is 9.59 Å². The number of aryl methyl sites for hydroxylation is 1. The van der Waals surface area contributed by atoms with Crippen LogP contribution in [0.5, 0.6) is 5.75 Å². The van der Waals surface area contributed by atoms with E-state index in [1.807, 2.05) is 48.5 Å². The standard InChI is InChI=1S/C26H25ClN2O3/c1-26(2,32-22-14-11-20(27)12-15-22)25(31)28-21-13-10-18-9-6-16-29(23(18)17-21)24(30)19-7-4-3-5-8-19/h3-5,7-8,10-15,17H,6,9,16H2,1-2H3,(H,28,31). The van der Waals surface area contributed by atoms with Crippen LogP contribution in [0.25, 0.3) is 0 Å². The molecule has 1 heterocycles. The summed E-state index contributed by atoms with van der Waals surface area (Å²) in [5.74, 6) is 0.227. The normalized spacial score (nSPS) is 13.3. The molecule has 0 saturated carbocycles. The van der Waals surface area contributed by atoms with Crippen molar-refractivity contribution in [3.8, 4) is 5.75 Å². The summed E-state index contributed by atoms with van der Waals surface area (Å²) in [6, 6.07) is 21.8. The first-order valence-corrected chi connectivity index (χ1v) is 11.0. The summed E-state index contributed by atoms with van der Waals surface area (Å²) in [6.45, 7) is 4.06. The monoisotopic (exact) mass is 448 g/mol. The van der Waals surface area contributed by atoms with Gasteiger partial charge in [0.15, 0.2) is 5.60 Å². The molecular weight excluding hydrogens is 424 g/mol. The number of carbonyl (C=O) groups excluding carboxylic acids is 2. The second-order valence-electron chi connectivity index (χ2n) is 8.29. The molecule has 0 spiro atoms. The average molecular weight is 449 g/mol. The smallest absolute Gasteiger partial charge is 0.267 e. The highest BCUT2D eigenvalue weighted by Gasteiger charge is 2.31. The van der Waals surface area contributed by atoms with Crippen LogP contribution in [-0.4, -0.2) is 24.0 Å². The van der Waals surface area contributed by atoms with E-state index in [1.165, 1.54) is 0 Å². The molecule has 5 nitrogen and oxygen atoms in total. The minimum atomic E-state index is -1.11. The van der Waals surface area contributed by atoms with Gasteiger partial charge in [0.05, 0.1) is 0 Å². The highest BCUT2D eigenvalue weighted by Crippen LogP contribution is 2.32. The summed E-state index contributed by atoms with van der Waals surface area (Å²) >= 11 is 5.92. The number of carbonyl (C=O) groups is 2. The first kappa shape index (κ1) is 21.9. The zero-order valence-electron chi connectivity index (χ0n) is 18.1. The van der Waals surface area contributed by atoms with Crippen LogP contribution in [0.4, 0.5) is 11.4 Å². The van der Waals surface area contributed by atoms with E-state index >= 15 is 0 Å².